The molecule has 0 aliphatic carbocycles. The van der Waals surface area contributed by atoms with Gasteiger partial charge in [-0.2, -0.15) is 0 Å². The Bertz CT molecular complexity index is 479. The summed E-state index contributed by atoms with van der Waals surface area (Å²) < 4.78 is 0.918. The van der Waals surface area contributed by atoms with Crippen LogP contribution in [0.3, 0.4) is 0 Å². The monoisotopic (exact) mass is 349 g/mol. The van der Waals surface area contributed by atoms with Crippen LogP contribution in [-0.2, 0) is 0 Å². The highest BCUT2D eigenvalue weighted by atomic mass is 127. The van der Waals surface area contributed by atoms with E-state index < -0.39 is 0 Å². The predicted molar refractivity (Wildman–Crippen MR) is 72.4 cm³/mol. The van der Waals surface area contributed by atoms with Crippen molar-refractivity contribution in [2.75, 3.05) is 0 Å². The van der Waals surface area contributed by atoms with Crippen molar-refractivity contribution in [3.05, 3.63) is 50.1 Å². The van der Waals surface area contributed by atoms with E-state index >= 15 is 0 Å². The summed E-state index contributed by atoms with van der Waals surface area (Å²) in [5.74, 6) is 0. The molecule has 0 aliphatic rings. The van der Waals surface area contributed by atoms with Crippen LogP contribution in [0.2, 0.25) is 10.0 Å². The molecule has 0 spiro atoms. The van der Waals surface area contributed by atoms with Crippen LogP contribution in [0.5, 0.6) is 0 Å². The van der Waals surface area contributed by atoms with Crippen molar-refractivity contribution < 1.29 is 0 Å². The summed E-state index contributed by atoms with van der Waals surface area (Å²) in [4.78, 5) is 4.38. The Hall–Kier alpha value is -0.320. The minimum Gasteiger partial charge on any atom is -0.242 e. The van der Waals surface area contributed by atoms with Gasteiger partial charge in [0.25, 0.3) is 0 Å². The first-order valence-corrected chi connectivity index (χ1v) is 6.09. The molecule has 76 valence electrons. The normalized spacial score (nSPS) is 10.3. The van der Waals surface area contributed by atoms with Crippen LogP contribution in [0.25, 0.3) is 11.3 Å². The third-order valence-corrected chi connectivity index (χ3v) is 3.16. The fourth-order valence-electron chi connectivity index (χ4n) is 1.29. The summed E-state index contributed by atoms with van der Waals surface area (Å²) in [7, 11) is 0. The molecule has 1 heterocycles. The fraction of sp³-hybridized carbons (Fsp3) is 0. The van der Waals surface area contributed by atoms with E-state index in [4.69, 9.17) is 23.2 Å². The lowest BCUT2D eigenvalue weighted by Crippen LogP contribution is -1.87. The maximum absolute atomic E-state index is 6.09. The zero-order chi connectivity index (χ0) is 10.8. The molecule has 1 nitrogen and oxygen atoms in total. The molecule has 0 bridgehead atoms. The number of hydrogen-bond acceptors (Lipinski definition) is 1. The number of aromatic nitrogens is 1. The van der Waals surface area contributed by atoms with E-state index in [1.54, 1.807) is 0 Å². The van der Waals surface area contributed by atoms with Crippen LogP contribution in [-0.4, -0.2) is 4.98 Å². The van der Waals surface area contributed by atoms with Gasteiger partial charge in [0, 0.05) is 5.56 Å². The van der Waals surface area contributed by atoms with Gasteiger partial charge in [-0.1, -0.05) is 35.3 Å². The quantitative estimate of drug-likeness (QED) is 0.539. The maximum Gasteiger partial charge on any atom is 0.102 e. The average molecular weight is 350 g/mol. The Labute approximate surface area is 112 Å². The summed E-state index contributed by atoms with van der Waals surface area (Å²) in [6.07, 6.45) is 0. The smallest absolute Gasteiger partial charge is 0.102 e. The first-order valence-electron chi connectivity index (χ1n) is 4.25. The molecule has 0 atom stereocenters. The summed E-state index contributed by atoms with van der Waals surface area (Å²) in [6, 6.07) is 11.2. The largest absolute Gasteiger partial charge is 0.242 e. The lowest BCUT2D eigenvalue weighted by molar-refractivity contribution is 1.27. The van der Waals surface area contributed by atoms with Crippen molar-refractivity contribution in [3.63, 3.8) is 0 Å². The van der Waals surface area contributed by atoms with Gasteiger partial charge in [-0.3, -0.25) is 0 Å². The zero-order valence-corrected chi connectivity index (χ0v) is 11.2. The van der Waals surface area contributed by atoms with Gasteiger partial charge in [0.1, 0.15) is 3.70 Å². The highest BCUT2D eigenvalue weighted by molar-refractivity contribution is 14.1. The van der Waals surface area contributed by atoms with E-state index in [0.717, 1.165) is 15.0 Å². The Morgan fingerprint density at radius 2 is 1.53 bits per heavy atom. The van der Waals surface area contributed by atoms with Gasteiger partial charge >= 0.3 is 0 Å². The van der Waals surface area contributed by atoms with E-state index in [1.807, 2.05) is 36.4 Å². The van der Waals surface area contributed by atoms with Crippen molar-refractivity contribution in [1.29, 1.82) is 0 Å². The molecule has 2 rings (SSSR count). The van der Waals surface area contributed by atoms with Crippen LogP contribution in [0.4, 0.5) is 0 Å². The van der Waals surface area contributed by atoms with E-state index in [9.17, 15) is 0 Å². The number of pyridine rings is 1. The third kappa shape index (κ3) is 2.44. The van der Waals surface area contributed by atoms with Crippen molar-refractivity contribution in [1.82, 2.24) is 4.98 Å². The summed E-state index contributed by atoms with van der Waals surface area (Å²) in [5, 5.41) is 1.24. The fourth-order valence-corrected chi connectivity index (χ4v) is 2.35. The second-order valence-corrected chi connectivity index (χ2v) is 4.86. The van der Waals surface area contributed by atoms with Gasteiger partial charge in [0.05, 0.1) is 15.7 Å². The van der Waals surface area contributed by atoms with Crippen molar-refractivity contribution >= 4 is 45.8 Å². The van der Waals surface area contributed by atoms with Gasteiger partial charge < -0.3 is 0 Å². The highest BCUT2D eigenvalue weighted by Gasteiger charge is 2.09. The van der Waals surface area contributed by atoms with Gasteiger partial charge in [-0.15, -0.1) is 0 Å². The third-order valence-electron chi connectivity index (χ3n) is 1.93. The zero-order valence-electron chi connectivity index (χ0n) is 7.55. The summed E-state index contributed by atoms with van der Waals surface area (Å²) >= 11 is 14.3. The van der Waals surface area contributed by atoms with Crippen LogP contribution in [0, 0.1) is 3.70 Å². The molecule has 15 heavy (non-hydrogen) atoms. The van der Waals surface area contributed by atoms with Gasteiger partial charge in [-0.25, -0.2) is 4.98 Å². The second kappa shape index (κ2) is 4.68. The molecule has 0 saturated heterocycles. The van der Waals surface area contributed by atoms with E-state index in [-0.39, 0.29) is 0 Å². The molecule has 1 aromatic carbocycles. The van der Waals surface area contributed by atoms with Crippen LogP contribution < -0.4 is 0 Å². The topological polar surface area (TPSA) is 12.9 Å². The van der Waals surface area contributed by atoms with Gasteiger partial charge in [-0.05, 0) is 46.9 Å². The van der Waals surface area contributed by atoms with Crippen molar-refractivity contribution in [2.24, 2.45) is 0 Å². The van der Waals surface area contributed by atoms with Crippen LogP contribution >= 0.6 is 45.8 Å². The Morgan fingerprint density at radius 3 is 2.13 bits per heavy atom. The summed E-state index contributed by atoms with van der Waals surface area (Å²) in [6.45, 7) is 0. The second-order valence-electron chi connectivity index (χ2n) is 2.94. The predicted octanol–water partition coefficient (Wildman–Crippen LogP) is 4.66. The number of hydrogen-bond donors (Lipinski definition) is 0. The van der Waals surface area contributed by atoms with Crippen molar-refractivity contribution in [3.8, 4) is 11.3 Å². The Morgan fingerprint density at radius 1 is 0.933 bits per heavy atom. The Balaban J connectivity index is 2.63. The molecule has 0 saturated carbocycles. The van der Waals surface area contributed by atoms with E-state index in [0.29, 0.717) is 10.0 Å². The van der Waals surface area contributed by atoms with Crippen LogP contribution in [0.1, 0.15) is 0 Å². The minimum atomic E-state index is 0.622. The standard InChI is InChI=1S/C11H6Cl2IN/c12-7-3-1-4-8(13)11(7)9-5-2-6-10(14)15-9/h1-6H. The molecule has 4 heteroatoms. The minimum absolute atomic E-state index is 0.622. The molecule has 0 aliphatic heterocycles. The molecule has 0 fully saturated rings. The highest BCUT2D eigenvalue weighted by Crippen LogP contribution is 2.33. The van der Waals surface area contributed by atoms with Gasteiger partial charge in [0.15, 0.2) is 0 Å². The number of rotatable bonds is 1. The molecular weight excluding hydrogens is 344 g/mol. The lowest BCUT2D eigenvalue weighted by atomic mass is 10.1. The first-order chi connectivity index (χ1) is 7.18. The van der Waals surface area contributed by atoms with E-state index in [2.05, 4.69) is 27.6 Å². The van der Waals surface area contributed by atoms with E-state index in [1.165, 1.54) is 0 Å². The number of halogens is 3. The maximum atomic E-state index is 6.09. The molecule has 0 unspecified atom stereocenters. The average Bonchev–Trinajstić information content (AvgIpc) is 2.17. The molecule has 0 radical (unpaired) electrons. The van der Waals surface area contributed by atoms with Crippen molar-refractivity contribution in [2.45, 2.75) is 0 Å². The molecule has 0 amide bonds. The molecule has 1 aromatic heterocycles. The lowest BCUT2D eigenvalue weighted by Gasteiger charge is -2.05. The Kier molecular flexibility index (Phi) is 3.49. The number of nitrogens with zero attached hydrogens (tertiary/aromatic N) is 1. The summed E-state index contributed by atoms with van der Waals surface area (Å²) in [5.41, 5.74) is 1.59. The molecule has 2 aromatic rings. The first kappa shape index (κ1) is 11.2. The van der Waals surface area contributed by atoms with Gasteiger partial charge in [0.2, 0.25) is 0 Å². The SMILES string of the molecule is Clc1cccc(Cl)c1-c1cccc(I)n1. The van der Waals surface area contributed by atoms with Crippen LogP contribution in [0.15, 0.2) is 36.4 Å². The number of benzene rings is 1. The molecule has 0 N–H and O–H groups in total. The molecular formula is C11H6Cl2IN.